The topological polar surface area (TPSA) is 38.3 Å². The Morgan fingerprint density at radius 3 is 2.77 bits per heavy atom. The standard InChI is InChI=1S/C18H22FNO2/c1-18(2)15(12-7-8-22-16(12)18)20-17(21)14-9-13(14)10-3-5-11(19)6-4-10/h3-6,12-16H,7-9H2,1-2H3,(H,20,21)/t12-,13+,14+,15+,16+/m0/s1. The Bertz CT molecular complexity index is 598. The van der Waals surface area contributed by atoms with Gasteiger partial charge < -0.3 is 10.1 Å². The van der Waals surface area contributed by atoms with E-state index in [1.54, 1.807) is 12.1 Å². The Morgan fingerprint density at radius 1 is 1.32 bits per heavy atom. The van der Waals surface area contributed by atoms with Gasteiger partial charge in [-0.15, -0.1) is 0 Å². The highest BCUT2D eigenvalue weighted by Gasteiger charge is 2.60. The first kappa shape index (κ1) is 14.2. The predicted molar refractivity (Wildman–Crippen MR) is 80.8 cm³/mol. The number of carbonyl (C=O) groups is 1. The van der Waals surface area contributed by atoms with Crippen molar-refractivity contribution in [1.29, 1.82) is 0 Å². The van der Waals surface area contributed by atoms with E-state index >= 15 is 0 Å². The summed E-state index contributed by atoms with van der Waals surface area (Å²) >= 11 is 0. The molecule has 0 radical (unpaired) electrons. The Labute approximate surface area is 130 Å². The molecule has 1 amide bonds. The molecular formula is C18H22FNO2. The second-order valence-corrected chi connectivity index (χ2v) is 7.55. The van der Waals surface area contributed by atoms with E-state index in [0.717, 1.165) is 25.0 Å². The molecule has 3 fully saturated rings. The molecule has 1 N–H and O–H groups in total. The van der Waals surface area contributed by atoms with Gasteiger partial charge in [0.15, 0.2) is 0 Å². The number of fused-ring (bicyclic) bond motifs is 1. The first-order valence-electron chi connectivity index (χ1n) is 8.16. The van der Waals surface area contributed by atoms with Gasteiger partial charge >= 0.3 is 0 Å². The molecule has 0 spiro atoms. The molecule has 0 unspecified atom stereocenters. The predicted octanol–water partition coefficient (Wildman–Crippen LogP) is 2.86. The first-order valence-corrected chi connectivity index (χ1v) is 8.16. The largest absolute Gasteiger partial charge is 0.377 e. The molecule has 1 saturated heterocycles. The van der Waals surface area contributed by atoms with Crippen LogP contribution in [-0.2, 0) is 9.53 Å². The molecule has 2 aliphatic carbocycles. The minimum atomic E-state index is -0.228. The fraction of sp³-hybridized carbons (Fsp3) is 0.611. The van der Waals surface area contributed by atoms with Gasteiger partial charge in [0.2, 0.25) is 5.91 Å². The average molecular weight is 303 g/mol. The van der Waals surface area contributed by atoms with E-state index in [1.165, 1.54) is 12.1 Å². The zero-order chi connectivity index (χ0) is 15.5. The summed E-state index contributed by atoms with van der Waals surface area (Å²) in [4.78, 5) is 12.5. The third-order valence-corrected chi connectivity index (χ3v) is 5.82. The quantitative estimate of drug-likeness (QED) is 0.932. The van der Waals surface area contributed by atoms with Crippen molar-refractivity contribution in [1.82, 2.24) is 5.32 Å². The van der Waals surface area contributed by atoms with Crippen LogP contribution >= 0.6 is 0 Å². The van der Waals surface area contributed by atoms with Gasteiger partial charge in [0, 0.05) is 29.9 Å². The van der Waals surface area contributed by atoms with Crippen LogP contribution in [0.15, 0.2) is 24.3 Å². The number of hydrogen-bond donors (Lipinski definition) is 1. The number of carbonyl (C=O) groups excluding carboxylic acids is 1. The lowest BCUT2D eigenvalue weighted by Crippen LogP contribution is -2.66. The van der Waals surface area contributed by atoms with Crippen LogP contribution < -0.4 is 5.32 Å². The average Bonchev–Trinajstić information content (AvgIpc) is 3.15. The fourth-order valence-corrected chi connectivity index (χ4v) is 4.44. The van der Waals surface area contributed by atoms with Gasteiger partial charge in [0.1, 0.15) is 5.82 Å². The first-order chi connectivity index (χ1) is 10.5. The van der Waals surface area contributed by atoms with Gasteiger partial charge in [-0.05, 0) is 36.5 Å². The van der Waals surface area contributed by atoms with E-state index in [2.05, 4.69) is 19.2 Å². The molecule has 3 aliphatic rings. The molecule has 3 nitrogen and oxygen atoms in total. The molecule has 1 aliphatic heterocycles. The molecule has 1 aromatic rings. The van der Waals surface area contributed by atoms with Crippen molar-refractivity contribution < 1.29 is 13.9 Å². The van der Waals surface area contributed by atoms with E-state index in [9.17, 15) is 9.18 Å². The summed E-state index contributed by atoms with van der Waals surface area (Å²) in [5, 5.41) is 3.26. The van der Waals surface area contributed by atoms with Crippen LogP contribution in [0, 0.1) is 23.1 Å². The fourth-order valence-electron chi connectivity index (χ4n) is 4.44. The molecule has 4 heteroatoms. The number of benzene rings is 1. The number of rotatable bonds is 3. The van der Waals surface area contributed by atoms with Crippen molar-refractivity contribution in [2.75, 3.05) is 6.61 Å². The summed E-state index contributed by atoms with van der Waals surface area (Å²) in [5.74, 6) is 0.690. The zero-order valence-corrected chi connectivity index (χ0v) is 13.0. The van der Waals surface area contributed by atoms with Gasteiger partial charge in [-0.1, -0.05) is 26.0 Å². The Kier molecular flexibility index (Phi) is 3.09. The lowest BCUT2D eigenvalue weighted by Gasteiger charge is -2.54. The summed E-state index contributed by atoms with van der Waals surface area (Å²) in [6.45, 7) is 5.16. The third-order valence-electron chi connectivity index (χ3n) is 5.82. The van der Waals surface area contributed by atoms with Crippen LogP contribution in [0.2, 0.25) is 0 Å². The molecule has 4 rings (SSSR count). The summed E-state index contributed by atoms with van der Waals surface area (Å²) in [6.07, 6.45) is 2.21. The van der Waals surface area contributed by atoms with E-state index in [1.807, 2.05) is 0 Å². The van der Waals surface area contributed by atoms with Crippen LogP contribution in [-0.4, -0.2) is 24.7 Å². The molecule has 5 atom stereocenters. The van der Waals surface area contributed by atoms with Gasteiger partial charge in [-0.2, -0.15) is 0 Å². The smallest absolute Gasteiger partial charge is 0.223 e. The minimum absolute atomic E-state index is 0.0249. The Balaban J connectivity index is 1.39. The number of halogens is 1. The SMILES string of the molecule is CC1(C)[C@H](NC(=O)[C@@H]2C[C@@H]2c2ccc(F)cc2)[C@@H]2CCO[C@H]21. The number of amides is 1. The molecule has 1 heterocycles. The van der Waals surface area contributed by atoms with Gasteiger partial charge in [-0.25, -0.2) is 4.39 Å². The molecule has 0 aromatic heterocycles. The van der Waals surface area contributed by atoms with Crippen molar-refractivity contribution >= 4 is 5.91 Å². The van der Waals surface area contributed by atoms with Gasteiger partial charge in [-0.3, -0.25) is 4.79 Å². The van der Waals surface area contributed by atoms with Gasteiger partial charge in [0.05, 0.1) is 6.10 Å². The molecule has 22 heavy (non-hydrogen) atoms. The molecule has 0 bridgehead atoms. The normalized spacial score (nSPS) is 38.0. The maximum absolute atomic E-state index is 13.0. The van der Waals surface area contributed by atoms with Crippen molar-refractivity contribution in [3.63, 3.8) is 0 Å². The third kappa shape index (κ3) is 2.08. The second kappa shape index (κ2) is 4.79. The lowest BCUT2D eigenvalue weighted by molar-refractivity contribution is -0.138. The van der Waals surface area contributed by atoms with Crippen molar-refractivity contribution in [3.05, 3.63) is 35.6 Å². The number of hydrogen-bond acceptors (Lipinski definition) is 2. The lowest BCUT2D eigenvalue weighted by atomic mass is 9.57. The van der Waals surface area contributed by atoms with Crippen molar-refractivity contribution in [3.8, 4) is 0 Å². The summed E-state index contributed by atoms with van der Waals surface area (Å²) in [6, 6.07) is 6.75. The van der Waals surface area contributed by atoms with E-state index < -0.39 is 0 Å². The highest BCUT2D eigenvalue weighted by molar-refractivity contribution is 5.83. The summed E-state index contributed by atoms with van der Waals surface area (Å²) < 4.78 is 18.7. The van der Waals surface area contributed by atoms with Crippen molar-refractivity contribution in [2.45, 2.75) is 44.8 Å². The number of ether oxygens (including phenoxy) is 1. The summed E-state index contributed by atoms with van der Waals surface area (Å²) in [5.41, 5.74) is 1.09. The van der Waals surface area contributed by atoms with Crippen LogP contribution in [0.1, 0.15) is 38.2 Å². The molecular weight excluding hydrogens is 281 g/mol. The van der Waals surface area contributed by atoms with Crippen LogP contribution in [0.5, 0.6) is 0 Å². The second-order valence-electron chi connectivity index (χ2n) is 7.55. The molecule has 118 valence electrons. The summed E-state index contributed by atoms with van der Waals surface area (Å²) in [7, 11) is 0. The van der Waals surface area contributed by atoms with Gasteiger partial charge in [0.25, 0.3) is 0 Å². The highest BCUT2D eigenvalue weighted by Crippen LogP contribution is 2.53. The van der Waals surface area contributed by atoms with E-state index in [0.29, 0.717) is 12.0 Å². The highest BCUT2D eigenvalue weighted by atomic mass is 19.1. The van der Waals surface area contributed by atoms with E-state index in [4.69, 9.17) is 4.74 Å². The van der Waals surface area contributed by atoms with Crippen molar-refractivity contribution in [2.24, 2.45) is 17.3 Å². The molecule has 2 saturated carbocycles. The van der Waals surface area contributed by atoms with Crippen LogP contribution in [0.4, 0.5) is 4.39 Å². The molecule has 1 aromatic carbocycles. The zero-order valence-electron chi connectivity index (χ0n) is 13.0. The maximum atomic E-state index is 13.0. The minimum Gasteiger partial charge on any atom is -0.377 e. The van der Waals surface area contributed by atoms with Crippen LogP contribution in [0.3, 0.4) is 0 Å². The maximum Gasteiger partial charge on any atom is 0.223 e. The monoisotopic (exact) mass is 303 g/mol. The van der Waals surface area contributed by atoms with Crippen LogP contribution in [0.25, 0.3) is 0 Å². The Morgan fingerprint density at radius 2 is 2.05 bits per heavy atom. The Hall–Kier alpha value is -1.42. The number of nitrogens with one attached hydrogen (secondary N) is 1. The van der Waals surface area contributed by atoms with E-state index in [-0.39, 0.29) is 35.0 Å².